The molecule has 0 aliphatic rings. The van der Waals surface area contributed by atoms with Crippen LogP contribution < -0.4 is 0 Å². The highest BCUT2D eigenvalue weighted by molar-refractivity contribution is 6.13. The Morgan fingerprint density at radius 1 is 0.365 bits per heavy atom. The zero-order valence-corrected chi connectivity index (χ0v) is 32.3. The summed E-state index contributed by atoms with van der Waals surface area (Å²) in [5.41, 5.74) is 15.2. The number of nitrogens with zero attached hydrogens (tertiary/aromatic N) is 2. The van der Waals surface area contributed by atoms with Gasteiger partial charge >= 0.3 is 0 Å². The number of hydrogen-bond acceptors (Lipinski definition) is 0. The predicted molar refractivity (Wildman–Crippen MR) is 225 cm³/mol. The van der Waals surface area contributed by atoms with Gasteiger partial charge in [0.1, 0.15) is 0 Å². The van der Waals surface area contributed by atoms with Crippen LogP contribution in [0.5, 0.6) is 0 Å². The number of fused-ring (bicyclic) bond motifs is 9. The third-order valence-electron chi connectivity index (χ3n) is 11.4. The Labute approximate surface area is 306 Å². The lowest BCUT2D eigenvalue weighted by molar-refractivity contribution is 0.590. The minimum atomic E-state index is 0.0645. The van der Waals surface area contributed by atoms with E-state index in [1.54, 1.807) is 0 Å². The molecule has 0 saturated carbocycles. The van der Waals surface area contributed by atoms with Crippen LogP contribution >= 0.6 is 0 Å². The summed E-state index contributed by atoms with van der Waals surface area (Å²) in [6.45, 7) is 22.9. The maximum Gasteiger partial charge on any atom is 0.0541 e. The van der Waals surface area contributed by atoms with E-state index in [1.807, 2.05) is 0 Å². The first kappa shape index (κ1) is 32.6. The average Bonchev–Trinajstić information content (AvgIpc) is 3.73. The molecule has 0 unspecified atom stereocenters. The van der Waals surface area contributed by atoms with Crippen molar-refractivity contribution in [2.75, 3.05) is 0 Å². The van der Waals surface area contributed by atoms with Crippen LogP contribution in [0.25, 0.3) is 76.8 Å². The SMILES string of the molecule is Cc1ccc2c(c1)c1cc(C(C)(C)C)ccc1n2-c1ccc2[nH]c3ccc(-n4c5ccc(C(C)(C)C)cc5c5cc(C(C)(C)C)ccc54)cc3c2c1. The van der Waals surface area contributed by atoms with Crippen LogP contribution in [0.2, 0.25) is 0 Å². The lowest BCUT2D eigenvalue weighted by Crippen LogP contribution is -2.10. The van der Waals surface area contributed by atoms with E-state index < -0.39 is 0 Å². The van der Waals surface area contributed by atoms with Crippen LogP contribution in [-0.4, -0.2) is 14.1 Å². The Balaban J connectivity index is 1.28. The number of nitrogens with one attached hydrogen (secondary N) is 1. The summed E-state index contributed by atoms with van der Waals surface area (Å²) in [6, 6.07) is 41.9. The van der Waals surface area contributed by atoms with Crippen LogP contribution in [0, 0.1) is 6.92 Å². The van der Waals surface area contributed by atoms with E-state index in [9.17, 15) is 0 Å². The maximum atomic E-state index is 3.73. The first-order valence-corrected chi connectivity index (χ1v) is 18.8. The molecule has 6 aromatic carbocycles. The van der Waals surface area contributed by atoms with Gasteiger partial charge < -0.3 is 14.1 Å². The van der Waals surface area contributed by atoms with Gasteiger partial charge in [0.2, 0.25) is 0 Å². The van der Waals surface area contributed by atoms with Gasteiger partial charge in [-0.15, -0.1) is 0 Å². The van der Waals surface area contributed by atoms with Crippen LogP contribution in [0.1, 0.15) is 84.6 Å². The molecule has 9 aromatic rings. The van der Waals surface area contributed by atoms with E-state index in [-0.39, 0.29) is 16.2 Å². The molecule has 0 bridgehead atoms. The Morgan fingerprint density at radius 2 is 0.712 bits per heavy atom. The van der Waals surface area contributed by atoms with Crippen molar-refractivity contribution < 1.29 is 0 Å². The van der Waals surface area contributed by atoms with E-state index in [2.05, 4.69) is 193 Å². The van der Waals surface area contributed by atoms with Crippen molar-refractivity contribution in [2.45, 2.75) is 85.5 Å². The van der Waals surface area contributed by atoms with Gasteiger partial charge in [0.25, 0.3) is 0 Å². The topological polar surface area (TPSA) is 25.6 Å². The van der Waals surface area contributed by atoms with Crippen LogP contribution in [0.3, 0.4) is 0 Å². The number of H-pyrrole nitrogens is 1. The Morgan fingerprint density at radius 3 is 1.08 bits per heavy atom. The van der Waals surface area contributed by atoms with Gasteiger partial charge in [-0.3, -0.25) is 0 Å². The lowest BCUT2D eigenvalue weighted by Gasteiger charge is -2.19. The number of aromatic nitrogens is 3. The number of aryl methyl sites for hydroxylation is 1. The molecule has 0 aliphatic heterocycles. The van der Waals surface area contributed by atoms with Crippen molar-refractivity contribution in [1.82, 2.24) is 14.1 Å². The molecule has 0 fully saturated rings. The Bertz CT molecular complexity index is 2830. The normalized spacial score (nSPS) is 13.2. The molecule has 0 atom stereocenters. The zero-order chi connectivity index (χ0) is 36.5. The summed E-state index contributed by atoms with van der Waals surface area (Å²) in [4.78, 5) is 3.73. The molecule has 52 heavy (non-hydrogen) atoms. The molecular weight excluding hydrogens is 631 g/mol. The third kappa shape index (κ3) is 5.00. The van der Waals surface area contributed by atoms with E-state index in [4.69, 9.17) is 0 Å². The van der Waals surface area contributed by atoms with Crippen molar-refractivity contribution >= 4 is 65.4 Å². The standard InChI is InChI=1S/C49H49N3/c1-29-11-19-43-37(23-29)38-24-30(47(2,3)4)12-20-44(38)51(43)33-15-17-41-35(27-33)36-28-34(16-18-42(36)50-41)52-45-21-13-31(48(5,6)7)25-39(45)40-26-32(49(8,9)10)14-22-46(40)52/h11-28,50H,1-10H3. The number of rotatable bonds is 2. The number of benzene rings is 6. The average molecular weight is 680 g/mol. The predicted octanol–water partition coefficient (Wildman–Crippen LogP) is 13.7. The summed E-state index contributed by atoms with van der Waals surface area (Å²) in [6.07, 6.45) is 0. The second kappa shape index (κ2) is 10.9. The summed E-state index contributed by atoms with van der Waals surface area (Å²) >= 11 is 0. The summed E-state index contributed by atoms with van der Waals surface area (Å²) in [5.74, 6) is 0. The molecule has 0 aliphatic carbocycles. The number of aromatic amines is 1. The highest BCUT2D eigenvalue weighted by Gasteiger charge is 2.22. The Kier molecular flexibility index (Phi) is 6.82. The highest BCUT2D eigenvalue weighted by atomic mass is 15.0. The van der Waals surface area contributed by atoms with Gasteiger partial charge in [0, 0.05) is 54.7 Å². The van der Waals surface area contributed by atoms with Crippen LogP contribution in [0.15, 0.2) is 109 Å². The molecule has 3 heteroatoms. The lowest BCUT2D eigenvalue weighted by atomic mass is 9.85. The molecule has 3 heterocycles. The van der Waals surface area contributed by atoms with Gasteiger partial charge in [-0.05, 0) is 125 Å². The quantitative estimate of drug-likeness (QED) is 0.188. The summed E-state index contributed by atoms with van der Waals surface area (Å²) < 4.78 is 4.92. The fourth-order valence-corrected chi connectivity index (χ4v) is 8.27. The molecule has 1 N–H and O–H groups in total. The largest absolute Gasteiger partial charge is 0.355 e. The molecular formula is C49H49N3. The molecule has 0 spiro atoms. The first-order chi connectivity index (χ1) is 24.6. The van der Waals surface area contributed by atoms with E-state index in [0.29, 0.717) is 0 Å². The van der Waals surface area contributed by atoms with E-state index in [0.717, 1.165) is 11.0 Å². The van der Waals surface area contributed by atoms with E-state index in [1.165, 1.54) is 88.0 Å². The molecule has 0 amide bonds. The van der Waals surface area contributed by atoms with Crippen molar-refractivity contribution in [2.24, 2.45) is 0 Å². The molecule has 0 radical (unpaired) electrons. The van der Waals surface area contributed by atoms with E-state index >= 15 is 0 Å². The third-order valence-corrected chi connectivity index (χ3v) is 11.4. The fraction of sp³-hybridized carbons (Fsp3) is 0.265. The maximum absolute atomic E-state index is 3.73. The molecule has 3 aromatic heterocycles. The minimum Gasteiger partial charge on any atom is -0.355 e. The molecule has 0 saturated heterocycles. The summed E-state index contributed by atoms with van der Waals surface area (Å²) in [7, 11) is 0. The molecule has 260 valence electrons. The first-order valence-electron chi connectivity index (χ1n) is 18.8. The van der Waals surface area contributed by atoms with Crippen LogP contribution in [0.4, 0.5) is 0 Å². The smallest absolute Gasteiger partial charge is 0.0541 e. The second-order valence-electron chi connectivity index (χ2n) is 18.2. The fourth-order valence-electron chi connectivity index (χ4n) is 8.27. The van der Waals surface area contributed by atoms with Crippen molar-refractivity contribution in [3.05, 3.63) is 131 Å². The van der Waals surface area contributed by atoms with Gasteiger partial charge in [-0.2, -0.15) is 0 Å². The molecule has 9 rings (SSSR count). The molecule has 3 nitrogen and oxygen atoms in total. The summed E-state index contributed by atoms with van der Waals surface area (Å²) in [5, 5.41) is 7.69. The minimum absolute atomic E-state index is 0.0645. The Hall–Kier alpha value is -5.28. The van der Waals surface area contributed by atoms with Crippen molar-refractivity contribution in [3.63, 3.8) is 0 Å². The van der Waals surface area contributed by atoms with Crippen molar-refractivity contribution in [3.8, 4) is 11.4 Å². The van der Waals surface area contributed by atoms with Crippen molar-refractivity contribution in [1.29, 1.82) is 0 Å². The zero-order valence-electron chi connectivity index (χ0n) is 32.3. The highest BCUT2D eigenvalue weighted by Crippen LogP contribution is 2.40. The van der Waals surface area contributed by atoms with Gasteiger partial charge in [0.15, 0.2) is 0 Å². The second-order valence-corrected chi connectivity index (χ2v) is 18.2. The van der Waals surface area contributed by atoms with Gasteiger partial charge in [0.05, 0.1) is 22.1 Å². The van der Waals surface area contributed by atoms with Gasteiger partial charge in [-0.25, -0.2) is 0 Å². The van der Waals surface area contributed by atoms with Gasteiger partial charge in [-0.1, -0.05) is 92.1 Å². The number of hydrogen-bond donors (Lipinski definition) is 1. The monoisotopic (exact) mass is 679 g/mol. The van der Waals surface area contributed by atoms with Crippen LogP contribution in [-0.2, 0) is 16.2 Å².